The summed E-state index contributed by atoms with van der Waals surface area (Å²) < 4.78 is 5.57. The first-order valence-electron chi connectivity index (χ1n) is 6.25. The Morgan fingerprint density at radius 3 is 3.12 bits per heavy atom. The van der Waals surface area contributed by atoms with Gasteiger partial charge in [0.2, 0.25) is 0 Å². The van der Waals surface area contributed by atoms with Crippen LogP contribution in [0.3, 0.4) is 0 Å². The summed E-state index contributed by atoms with van der Waals surface area (Å²) >= 11 is 1.91. The first-order valence-corrected chi connectivity index (χ1v) is 7.07. The molecule has 0 spiro atoms. The number of ether oxygens (including phenoxy) is 1. The second-order valence-electron chi connectivity index (χ2n) is 4.74. The Morgan fingerprint density at radius 2 is 2.41 bits per heavy atom. The van der Waals surface area contributed by atoms with Gasteiger partial charge in [-0.2, -0.15) is 0 Å². The van der Waals surface area contributed by atoms with Crippen molar-refractivity contribution in [2.75, 3.05) is 26.7 Å². The van der Waals surface area contributed by atoms with Crippen molar-refractivity contribution < 1.29 is 4.74 Å². The van der Waals surface area contributed by atoms with Gasteiger partial charge >= 0.3 is 0 Å². The lowest BCUT2D eigenvalue weighted by molar-refractivity contribution is -0.0212. The van der Waals surface area contributed by atoms with E-state index in [0.29, 0.717) is 6.10 Å². The predicted molar refractivity (Wildman–Crippen MR) is 72.5 cm³/mol. The number of nitrogens with zero attached hydrogens (tertiary/aromatic N) is 1. The summed E-state index contributed by atoms with van der Waals surface area (Å²) in [4.78, 5) is 5.38. The minimum absolute atomic E-state index is 0.375. The smallest absolute Gasteiger partial charge is 0.0674 e. The Hall–Kier alpha value is -0.420. The van der Waals surface area contributed by atoms with Gasteiger partial charge in [-0.15, -0.1) is 11.3 Å². The Balaban J connectivity index is 1.97. The fourth-order valence-corrected chi connectivity index (χ4v) is 3.35. The normalized spacial score (nSPS) is 21.9. The molecule has 1 unspecified atom stereocenters. The highest BCUT2D eigenvalue weighted by Crippen LogP contribution is 2.23. The van der Waals surface area contributed by atoms with Gasteiger partial charge in [0.05, 0.1) is 12.7 Å². The van der Waals surface area contributed by atoms with E-state index in [1.807, 2.05) is 18.4 Å². The van der Waals surface area contributed by atoms with Gasteiger partial charge in [0.1, 0.15) is 0 Å². The third-order valence-electron chi connectivity index (χ3n) is 3.14. The number of aryl methyl sites for hydroxylation is 1. The summed E-state index contributed by atoms with van der Waals surface area (Å²) in [6.45, 7) is 9.40. The lowest BCUT2D eigenvalue weighted by Gasteiger charge is -2.31. The van der Waals surface area contributed by atoms with Gasteiger partial charge in [-0.1, -0.05) is 0 Å². The van der Waals surface area contributed by atoms with Gasteiger partial charge in [-0.05, 0) is 32.5 Å². The summed E-state index contributed by atoms with van der Waals surface area (Å²) in [5.41, 5.74) is 1.48. The van der Waals surface area contributed by atoms with E-state index in [1.54, 1.807) is 0 Å². The van der Waals surface area contributed by atoms with Crippen LogP contribution in [0.1, 0.15) is 22.2 Å². The Bertz CT molecular complexity index is 364. The van der Waals surface area contributed by atoms with Gasteiger partial charge in [-0.25, -0.2) is 0 Å². The summed E-state index contributed by atoms with van der Waals surface area (Å²) in [6, 6.07) is 2.34. The summed E-state index contributed by atoms with van der Waals surface area (Å²) in [5.74, 6) is 0. The lowest BCUT2D eigenvalue weighted by Crippen LogP contribution is -2.40. The molecule has 17 heavy (non-hydrogen) atoms. The SMILES string of the molecule is CNCc1cc(CN2CCOC(C)C2)c(C)s1. The van der Waals surface area contributed by atoms with Gasteiger partial charge in [0.15, 0.2) is 0 Å². The number of morpholine rings is 1. The molecule has 1 aromatic heterocycles. The zero-order valence-electron chi connectivity index (χ0n) is 11.0. The van der Waals surface area contributed by atoms with Crippen LogP contribution in [0.5, 0.6) is 0 Å². The van der Waals surface area contributed by atoms with Crippen molar-refractivity contribution in [2.45, 2.75) is 33.0 Å². The Morgan fingerprint density at radius 1 is 1.59 bits per heavy atom. The summed E-state index contributed by atoms with van der Waals surface area (Å²) in [6.07, 6.45) is 0.375. The molecule has 2 heterocycles. The van der Waals surface area contributed by atoms with E-state index in [1.165, 1.54) is 15.3 Å². The van der Waals surface area contributed by atoms with E-state index >= 15 is 0 Å². The average Bonchev–Trinajstić information content (AvgIpc) is 2.60. The van der Waals surface area contributed by atoms with Crippen LogP contribution in [0.25, 0.3) is 0 Å². The van der Waals surface area contributed by atoms with Crippen molar-refractivity contribution in [1.82, 2.24) is 10.2 Å². The maximum atomic E-state index is 5.57. The number of thiophene rings is 1. The molecule has 1 atom stereocenters. The molecule has 0 aliphatic carbocycles. The van der Waals surface area contributed by atoms with Crippen molar-refractivity contribution in [3.8, 4) is 0 Å². The average molecular weight is 254 g/mol. The van der Waals surface area contributed by atoms with Crippen LogP contribution < -0.4 is 5.32 Å². The minimum Gasteiger partial charge on any atom is -0.376 e. The maximum Gasteiger partial charge on any atom is 0.0674 e. The molecule has 1 saturated heterocycles. The van der Waals surface area contributed by atoms with Crippen molar-refractivity contribution >= 4 is 11.3 Å². The highest BCUT2D eigenvalue weighted by Gasteiger charge is 2.18. The van der Waals surface area contributed by atoms with Crippen LogP contribution in [-0.4, -0.2) is 37.7 Å². The second-order valence-corrected chi connectivity index (χ2v) is 6.08. The van der Waals surface area contributed by atoms with Crippen molar-refractivity contribution in [2.24, 2.45) is 0 Å². The number of hydrogen-bond acceptors (Lipinski definition) is 4. The molecule has 0 bridgehead atoms. The molecule has 0 saturated carbocycles. The van der Waals surface area contributed by atoms with Crippen LogP contribution >= 0.6 is 11.3 Å². The molecule has 1 fully saturated rings. The molecule has 0 radical (unpaired) electrons. The van der Waals surface area contributed by atoms with Gasteiger partial charge in [0, 0.05) is 35.9 Å². The summed E-state index contributed by atoms with van der Waals surface area (Å²) in [7, 11) is 2.00. The van der Waals surface area contributed by atoms with Crippen molar-refractivity contribution in [1.29, 1.82) is 0 Å². The van der Waals surface area contributed by atoms with E-state index in [2.05, 4.69) is 30.1 Å². The van der Waals surface area contributed by atoms with E-state index in [-0.39, 0.29) is 0 Å². The molecule has 0 aromatic carbocycles. The molecule has 4 heteroatoms. The standard InChI is InChI=1S/C13H22N2OS/c1-10-8-15(4-5-16-10)9-12-6-13(7-14-3)17-11(12)2/h6,10,14H,4-5,7-9H2,1-3H3. The topological polar surface area (TPSA) is 24.5 Å². The Labute approximate surface area is 108 Å². The van der Waals surface area contributed by atoms with Gasteiger partial charge < -0.3 is 10.1 Å². The minimum atomic E-state index is 0.375. The number of rotatable bonds is 4. The zero-order chi connectivity index (χ0) is 12.3. The van der Waals surface area contributed by atoms with Crippen LogP contribution in [0.4, 0.5) is 0 Å². The molecule has 96 valence electrons. The molecule has 2 rings (SSSR count). The van der Waals surface area contributed by atoms with Gasteiger partial charge in [-0.3, -0.25) is 4.90 Å². The zero-order valence-corrected chi connectivity index (χ0v) is 11.8. The van der Waals surface area contributed by atoms with E-state index in [9.17, 15) is 0 Å². The predicted octanol–water partition coefficient (Wildman–Crippen LogP) is 2.00. The van der Waals surface area contributed by atoms with Crippen molar-refractivity contribution in [3.05, 3.63) is 21.4 Å². The molecule has 0 amide bonds. The second kappa shape index (κ2) is 5.96. The van der Waals surface area contributed by atoms with Crippen LogP contribution in [0.15, 0.2) is 6.07 Å². The highest BCUT2D eigenvalue weighted by molar-refractivity contribution is 7.12. The van der Waals surface area contributed by atoms with E-state index < -0.39 is 0 Å². The third kappa shape index (κ3) is 3.52. The molecular weight excluding hydrogens is 232 g/mol. The number of nitrogens with one attached hydrogen (secondary N) is 1. The van der Waals surface area contributed by atoms with Crippen LogP contribution in [-0.2, 0) is 17.8 Å². The van der Waals surface area contributed by atoms with E-state index in [4.69, 9.17) is 4.74 Å². The molecule has 3 nitrogen and oxygen atoms in total. The van der Waals surface area contributed by atoms with Gasteiger partial charge in [0.25, 0.3) is 0 Å². The molecule has 1 aliphatic heterocycles. The molecular formula is C13H22N2OS. The third-order valence-corrected chi connectivity index (χ3v) is 4.23. The Kier molecular flexibility index (Phi) is 4.56. The maximum absolute atomic E-state index is 5.57. The fourth-order valence-electron chi connectivity index (χ4n) is 2.28. The lowest BCUT2D eigenvalue weighted by atomic mass is 10.2. The van der Waals surface area contributed by atoms with E-state index in [0.717, 1.165) is 32.8 Å². The monoisotopic (exact) mass is 254 g/mol. The first kappa shape index (κ1) is 13.0. The first-order chi connectivity index (χ1) is 8.19. The molecule has 1 N–H and O–H groups in total. The highest BCUT2D eigenvalue weighted by atomic mass is 32.1. The largest absolute Gasteiger partial charge is 0.376 e. The summed E-state index contributed by atoms with van der Waals surface area (Å²) in [5, 5.41) is 3.21. The molecule has 1 aromatic rings. The molecule has 1 aliphatic rings. The van der Waals surface area contributed by atoms with Crippen LogP contribution in [0, 0.1) is 6.92 Å². The van der Waals surface area contributed by atoms with Crippen molar-refractivity contribution in [3.63, 3.8) is 0 Å². The van der Waals surface area contributed by atoms with Crippen LogP contribution in [0.2, 0.25) is 0 Å². The fraction of sp³-hybridized carbons (Fsp3) is 0.692. The number of hydrogen-bond donors (Lipinski definition) is 1. The quantitative estimate of drug-likeness (QED) is 0.889.